The minimum absolute atomic E-state index is 0. The molecule has 0 saturated carbocycles. The zero-order valence-electron chi connectivity index (χ0n) is 12.6. The number of benzene rings is 2. The van der Waals surface area contributed by atoms with E-state index in [1.54, 1.807) is 29.2 Å². The van der Waals surface area contributed by atoms with Gasteiger partial charge in [0.15, 0.2) is 0 Å². The number of phenolic OH excluding ortho intramolecular Hbond substituents is 1. The highest BCUT2D eigenvalue weighted by atomic mass is 19.1. The number of amides is 2. The largest absolute Gasteiger partial charge is 0.508 e. The summed E-state index contributed by atoms with van der Waals surface area (Å²) >= 11 is 0. The highest BCUT2D eigenvalue weighted by Gasteiger charge is 2.21. The van der Waals surface area contributed by atoms with Crippen LogP contribution in [0.25, 0.3) is 0 Å². The Balaban J connectivity index is 0.00000208. The van der Waals surface area contributed by atoms with Crippen molar-refractivity contribution >= 4 is 17.4 Å². The van der Waals surface area contributed by atoms with Crippen LogP contribution in [-0.4, -0.2) is 42.2 Å². The SMILES string of the molecule is O=C(Nc1ccc(O)cc1)N1CCN(c2ccc(F)cc2)CC1.[HH]. The highest BCUT2D eigenvalue weighted by molar-refractivity contribution is 5.89. The van der Waals surface area contributed by atoms with Crippen LogP contribution >= 0.6 is 0 Å². The number of hydrogen-bond donors (Lipinski definition) is 2. The lowest BCUT2D eigenvalue weighted by Crippen LogP contribution is -2.50. The van der Waals surface area contributed by atoms with Crippen molar-refractivity contribution in [3.8, 4) is 5.75 Å². The second-order valence-electron chi connectivity index (χ2n) is 5.43. The van der Waals surface area contributed by atoms with E-state index >= 15 is 0 Å². The first-order valence-corrected chi connectivity index (χ1v) is 7.47. The first-order chi connectivity index (χ1) is 11.1. The number of anilines is 2. The van der Waals surface area contributed by atoms with Crippen molar-refractivity contribution in [2.75, 3.05) is 36.4 Å². The second-order valence-corrected chi connectivity index (χ2v) is 5.43. The Kier molecular flexibility index (Phi) is 4.32. The van der Waals surface area contributed by atoms with Gasteiger partial charge in [0.2, 0.25) is 0 Å². The van der Waals surface area contributed by atoms with E-state index in [0.717, 1.165) is 5.69 Å². The molecule has 2 aromatic carbocycles. The van der Waals surface area contributed by atoms with E-state index in [9.17, 15) is 14.3 Å². The van der Waals surface area contributed by atoms with Crippen LogP contribution in [0.5, 0.6) is 5.75 Å². The monoisotopic (exact) mass is 317 g/mol. The molecular formula is C17H20FN3O2. The van der Waals surface area contributed by atoms with Gasteiger partial charge in [0.05, 0.1) is 0 Å². The van der Waals surface area contributed by atoms with E-state index in [-0.39, 0.29) is 19.0 Å². The second kappa shape index (κ2) is 6.56. The van der Waals surface area contributed by atoms with Crippen molar-refractivity contribution in [2.24, 2.45) is 0 Å². The quantitative estimate of drug-likeness (QED) is 0.837. The number of rotatable bonds is 2. The Bertz CT molecular complexity index is 671. The van der Waals surface area contributed by atoms with Gasteiger partial charge in [-0.1, -0.05) is 0 Å². The Labute approximate surface area is 135 Å². The number of aromatic hydroxyl groups is 1. The van der Waals surface area contributed by atoms with Gasteiger partial charge in [0, 0.05) is 39.0 Å². The third-order valence-corrected chi connectivity index (χ3v) is 3.88. The van der Waals surface area contributed by atoms with Gasteiger partial charge >= 0.3 is 6.03 Å². The summed E-state index contributed by atoms with van der Waals surface area (Å²) in [4.78, 5) is 16.1. The molecule has 0 spiro atoms. The highest BCUT2D eigenvalue weighted by Crippen LogP contribution is 2.18. The molecule has 122 valence electrons. The van der Waals surface area contributed by atoms with Gasteiger partial charge in [0.25, 0.3) is 0 Å². The van der Waals surface area contributed by atoms with Gasteiger partial charge in [-0.25, -0.2) is 9.18 Å². The van der Waals surface area contributed by atoms with E-state index in [0.29, 0.717) is 31.9 Å². The molecule has 0 aromatic heterocycles. The summed E-state index contributed by atoms with van der Waals surface area (Å²) in [5.41, 5.74) is 1.61. The van der Waals surface area contributed by atoms with Crippen LogP contribution < -0.4 is 10.2 Å². The molecule has 1 heterocycles. The summed E-state index contributed by atoms with van der Waals surface area (Å²) in [7, 11) is 0. The molecule has 6 heteroatoms. The maximum atomic E-state index is 13.0. The van der Waals surface area contributed by atoms with Crippen molar-refractivity contribution < 1.29 is 15.7 Å². The topological polar surface area (TPSA) is 55.8 Å². The number of urea groups is 1. The van der Waals surface area contributed by atoms with Crippen LogP contribution in [0, 0.1) is 5.82 Å². The minimum atomic E-state index is -0.249. The fourth-order valence-corrected chi connectivity index (χ4v) is 2.57. The van der Waals surface area contributed by atoms with E-state index < -0.39 is 0 Å². The maximum absolute atomic E-state index is 13.0. The van der Waals surface area contributed by atoms with Crippen LogP contribution in [0.15, 0.2) is 48.5 Å². The molecule has 0 atom stereocenters. The van der Waals surface area contributed by atoms with Gasteiger partial charge in [-0.2, -0.15) is 0 Å². The normalized spacial score (nSPS) is 14.7. The molecule has 23 heavy (non-hydrogen) atoms. The number of phenols is 1. The smallest absolute Gasteiger partial charge is 0.321 e. The Morgan fingerprint density at radius 3 is 2.22 bits per heavy atom. The number of nitrogens with zero attached hydrogens (tertiary/aromatic N) is 2. The van der Waals surface area contributed by atoms with Crippen LogP contribution in [0.4, 0.5) is 20.6 Å². The molecule has 5 nitrogen and oxygen atoms in total. The number of nitrogens with one attached hydrogen (secondary N) is 1. The summed E-state index contributed by atoms with van der Waals surface area (Å²) in [5, 5.41) is 12.1. The van der Waals surface area contributed by atoms with Crippen molar-refractivity contribution in [3.05, 3.63) is 54.3 Å². The van der Waals surface area contributed by atoms with E-state index in [2.05, 4.69) is 10.2 Å². The van der Waals surface area contributed by atoms with Crippen molar-refractivity contribution in [1.82, 2.24) is 4.90 Å². The van der Waals surface area contributed by atoms with E-state index in [1.807, 2.05) is 0 Å². The lowest BCUT2D eigenvalue weighted by atomic mass is 10.2. The van der Waals surface area contributed by atoms with Crippen LogP contribution in [0.3, 0.4) is 0 Å². The zero-order valence-corrected chi connectivity index (χ0v) is 12.6. The van der Waals surface area contributed by atoms with E-state index in [1.165, 1.54) is 24.3 Å². The molecule has 0 bridgehead atoms. The minimum Gasteiger partial charge on any atom is -0.508 e. The van der Waals surface area contributed by atoms with Crippen molar-refractivity contribution in [2.45, 2.75) is 0 Å². The molecule has 0 radical (unpaired) electrons. The molecule has 0 aliphatic carbocycles. The summed E-state index contributed by atoms with van der Waals surface area (Å²) in [5.74, 6) is -0.0865. The van der Waals surface area contributed by atoms with Crippen molar-refractivity contribution in [3.63, 3.8) is 0 Å². The summed E-state index contributed by atoms with van der Waals surface area (Å²) in [6.07, 6.45) is 0. The molecule has 0 unspecified atom stereocenters. The van der Waals surface area contributed by atoms with Crippen LogP contribution in [-0.2, 0) is 0 Å². The van der Waals surface area contributed by atoms with Gasteiger partial charge in [-0.15, -0.1) is 0 Å². The third-order valence-electron chi connectivity index (χ3n) is 3.88. The number of halogens is 1. The van der Waals surface area contributed by atoms with Crippen LogP contribution in [0.2, 0.25) is 0 Å². The number of carbonyl (C=O) groups excluding carboxylic acids is 1. The Hall–Kier alpha value is -2.76. The third kappa shape index (κ3) is 3.71. The van der Waals surface area contributed by atoms with Gasteiger partial charge in [-0.05, 0) is 48.5 Å². The van der Waals surface area contributed by atoms with Crippen LogP contribution in [0.1, 0.15) is 1.43 Å². The Morgan fingerprint density at radius 2 is 1.61 bits per heavy atom. The summed E-state index contributed by atoms with van der Waals surface area (Å²) in [6, 6.07) is 12.6. The molecule has 1 aliphatic heterocycles. The average molecular weight is 317 g/mol. The van der Waals surface area contributed by atoms with Crippen molar-refractivity contribution in [1.29, 1.82) is 0 Å². The molecular weight excluding hydrogens is 297 g/mol. The lowest BCUT2D eigenvalue weighted by Gasteiger charge is -2.36. The van der Waals surface area contributed by atoms with Gasteiger partial charge < -0.3 is 20.2 Å². The molecule has 1 fully saturated rings. The molecule has 2 N–H and O–H groups in total. The first-order valence-electron chi connectivity index (χ1n) is 7.47. The summed E-state index contributed by atoms with van der Waals surface area (Å²) < 4.78 is 13.0. The number of carbonyl (C=O) groups is 1. The fraction of sp³-hybridized carbons (Fsp3) is 0.235. The number of hydrogen-bond acceptors (Lipinski definition) is 3. The van der Waals surface area contributed by atoms with Gasteiger partial charge in [0.1, 0.15) is 11.6 Å². The zero-order chi connectivity index (χ0) is 16.2. The number of piperazine rings is 1. The average Bonchev–Trinajstić information content (AvgIpc) is 2.58. The molecule has 1 aliphatic rings. The maximum Gasteiger partial charge on any atom is 0.321 e. The Morgan fingerprint density at radius 1 is 1.00 bits per heavy atom. The summed E-state index contributed by atoms with van der Waals surface area (Å²) in [6.45, 7) is 2.60. The van der Waals surface area contributed by atoms with Gasteiger partial charge in [-0.3, -0.25) is 0 Å². The molecule has 3 rings (SSSR count). The predicted molar refractivity (Wildman–Crippen MR) is 89.4 cm³/mol. The fourth-order valence-electron chi connectivity index (χ4n) is 2.57. The molecule has 2 amide bonds. The lowest BCUT2D eigenvalue weighted by molar-refractivity contribution is 0.208. The molecule has 2 aromatic rings. The predicted octanol–water partition coefficient (Wildman–Crippen LogP) is 3.13. The molecule has 1 saturated heterocycles. The van der Waals surface area contributed by atoms with E-state index in [4.69, 9.17) is 0 Å². The standard InChI is InChI=1S/C17H18FN3O2.H2/c18-13-1-5-15(6-2-13)20-9-11-21(12-10-20)17(23)19-14-3-7-16(22)8-4-14;/h1-8,22H,9-12H2,(H,19,23);1H. The first kappa shape index (κ1) is 15.1.